The average molecular weight is 609 g/mol. The van der Waals surface area contributed by atoms with E-state index in [2.05, 4.69) is 51.9 Å². The highest BCUT2D eigenvalue weighted by atomic mass is 32.1. The van der Waals surface area contributed by atoms with Crippen LogP contribution in [-0.2, 0) is 7.05 Å². The summed E-state index contributed by atoms with van der Waals surface area (Å²) in [6.07, 6.45) is 8.53. The summed E-state index contributed by atoms with van der Waals surface area (Å²) in [5.41, 5.74) is 11.6. The molecule has 4 N–H and O–H groups in total. The number of nitrogen functional groups attached to an aromatic ring is 1. The Morgan fingerprint density at radius 2 is 1.98 bits per heavy atom. The summed E-state index contributed by atoms with van der Waals surface area (Å²) in [6, 6.07) is 16.8. The number of fused-ring (bicyclic) bond motifs is 2. The molecule has 0 saturated carbocycles. The third-order valence-electron chi connectivity index (χ3n) is 8.68. The predicted molar refractivity (Wildman–Crippen MR) is 184 cm³/mol. The Balaban J connectivity index is 1.19. The largest absolute Gasteiger partial charge is 0.495 e. The Morgan fingerprint density at radius 1 is 1.18 bits per heavy atom. The minimum absolute atomic E-state index is 0.198. The van der Waals surface area contributed by atoms with Crippen LogP contribution in [0.1, 0.15) is 42.7 Å². The molecule has 1 aliphatic rings. The van der Waals surface area contributed by atoms with Gasteiger partial charge in [-0.25, -0.2) is 4.98 Å². The highest BCUT2D eigenvalue weighted by Crippen LogP contribution is 2.41. The third-order valence-corrected chi connectivity index (χ3v) is 9.71. The number of carbonyl (C=O) groups is 1. The number of amides is 1. The molecule has 6 rings (SSSR count). The summed E-state index contributed by atoms with van der Waals surface area (Å²) >= 11 is 1.66. The maximum Gasteiger partial charge on any atom is 0.272 e. The van der Waals surface area contributed by atoms with Crippen LogP contribution in [0.3, 0.4) is 0 Å². The number of nitrogens with one attached hydrogen (secondary N) is 2. The molecule has 2 aromatic carbocycles. The summed E-state index contributed by atoms with van der Waals surface area (Å²) in [6.45, 7) is 7.67. The molecule has 8 nitrogen and oxygen atoms in total. The second kappa shape index (κ2) is 12.8. The Hall–Kier alpha value is -4.18. The molecule has 0 radical (unpaired) electrons. The van der Waals surface area contributed by atoms with Gasteiger partial charge in [0, 0.05) is 64.0 Å². The number of rotatable bonds is 9. The van der Waals surface area contributed by atoms with Gasteiger partial charge < -0.3 is 30.6 Å². The topological polar surface area (TPSA) is 97.4 Å². The van der Waals surface area contributed by atoms with Gasteiger partial charge in [0.15, 0.2) is 0 Å². The van der Waals surface area contributed by atoms with Gasteiger partial charge in [-0.1, -0.05) is 36.4 Å². The number of aryl methyl sites for hydroxylation is 1. The molecule has 0 bridgehead atoms. The van der Waals surface area contributed by atoms with E-state index in [1.807, 2.05) is 66.3 Å². The molecule has 1 fully saturated rings. The monoisotopic (exact) mass is 608 g/mol. The summed E-state index contributed by atoms with van der Waals surface area (Å²) in [7, 11) is 3.51. The molecular weight excluding hydrogens is 568 g/mol. The summed E-state index contributed by atoms with van der Waals surface area (Å²) in [5.74, 6) is 0.869. The van der Waals surface area contributed by atoms with Crippen LogP contribution < -0.4 is 21.1 Å². The smallest absolute Gasteiger partial charge is 0.272 e. The van der Waals surface area contributed by atoms with Crippen LogP contribution in [0.2, 0.25) is 0 Å². The summed E-state index contributed by atoms with van der Waals surface area (Å²) < 4.78 is 8.72. The molecule has 0 atom stereocenters. The normalized spacial score (nSPS) is 14.8. The molecule has 0 aliphatic carbocycles. The number of aromatic nitrogens is 2. The van der Waals surface area contributed by atoms with Crippen LogP contribution in [0.5, 0.6) is 5.75 Å². The first-order valence-electron chi connectivity index (χ1n) is 15.2. The molecule has 228 valence electrons. The zero-order chi connectivity index (χ0) is 30.8. The molecular formula is C35H40N6O2S. The second-order valence-corrected chi connectivity index (χ2v) is 12.6. The fourth-order valence-electron chi connectivity index (χ4n) is 6.11. The quantitative estimate of drug-likeness (QED) is 0.171. The van der Waals surface area contributed by atoms with Crippen molar-refractivity contribution in [2.45, 2.75) is 38.8 Å². The Morgan fingerprint density at radius 3 is 2.73 bits per heavy atom. The number of nitrogens with two attached hydrogens (primary N) is 1. The third kappa shape index (κ3) is 5.95. The number of carbonyl (C=O) groups excluding carboxylic acids is 1. The van der Waals surface area contributed by atoms with Crippen molar-refractivity contribution < 1.29 is 9.53 Å². The van der Waals surface area contributed by atoms with E-state index in [0.29, 0.717) is 35.0 Å². The van der Waals surface area contributed by atoms with E-state index in [-0.39, 0.29) is 5.91 Å². The number of hydrogen-bond donors (Lipinski definition) is 3. The van der Waals surface area contributed by atoms with Crippen molar-refractivity contribution in [2.24, 2.45) is 7.05 Å². The molecule has 1 saturated heterocycles. The second-order valence-electron chi connectivity index (χ2n) is 11.7. The van der Waals surface area contributed by atoms with Gasteiger partial charge in [0.05, 0.1) is 12.8 Å². The molecule has 9 heteroatoms. The molecule has 0 spiro atoms. The van der Waals surface area contributed by atoms with Gasteiger partial charge in [-0.2, -0.15) is 0 Å². The number of methoxy groups -OCH3 is 1. The van der Waals surface area contributed by atoms with Gasteiger partial charge in [-0.15, -0.1) is 11.3 Å². The van der Waals surface area contributed by atoms with Crippen molar-refractivity contribution in [1.82, 2.24) is 19.8 Å². The zero-order valence-corrected chi connectivity index (χ0v) is 26.6. The van der Waals surface area contributed by atoms with E-state index < -0.39 is 0 Å². The van der Waals surface area contributed by atoms with E-state index in [1.54, 1.807) is 18.4 Å². The molecule has 44 heavy (non-hydrogen) atoms. The van der Waals surface area contributed by atoms with Crippen molar-refractivity contribution in [2.75, 3.05) is 37.8 Å². The number of pyridine rings is 1. The van der Waals surface area contributed by atoms with E-state index in [9.17, 15) is 4.79 Å². The van der Waals surface area contributed by atoms with E-state index in [1.165, 1.54) is 12.8 Å². The number of hydrogen-bond acceptors (Lipinski definition) is 7. The lowest BCUT2D eigenvalue weighted by atomic mass is 10.0. The Kier molecular flexibility index (Phi) is 8.70. The average Bonchev–Trinajstić information content (AvgIpc) is 3.63. The molecule has 0 unspecified atom stereocenters. The number of ether oxygens (including phenoxy) is 1. The fourth-order valence-corrected chi connectivity index (χ4v) is 7.19. The van der Waals surface area contributed by atoms with Crippen molar-refractivity contribution in [1.29, 1.82) is 0 Å². The number of para-hydroxylation sites is 1. The van der Waals surface area contributed by atoms with Crippen molar-refractivity contribution in [3.8, 4) is 16.9 Å². The zero-order valence-electron chi connectivity index (χ0n) is 25.8. The predicted octanol–water partition coefficient (Wildman–Crippen LogP) is 6.77. The maximum absolute atomic E-state index is 13.3. The SMILES string of the molecule is COc1cc(-c2csc3c(/C=C/CNC4CCN(C(C)C)CC4)cnc(N)c23)ccc1NC(=O)c1cc2ccccc2n1C. The van der Waals surface area contributed by atoms with Crippen molar-refractivity contribution in [3.05, 3.63) is 77.4 Å². The van der Waals surface area contributed by atoms with Crippen molar-refractivity contribution >= 4 is 55.8 Å². The first-order valence-corrected chi connectivity index (χ1v) is 16.1. The van der Waals surface area contributed by atoms with Gasteiger partial charge in [0.2, 0.25) is 0 Å². The Labute approximate surface area is 262 Å². The lowest BCUT2D eigenvalue weighted by Gasteiger charge is -2.34. The summed E-state index contributed by atoms with van der Waals surface area (Å²) in [4.78, 5) is 20.3. The number of benzene rings is 2. The number of likely N-dealkylation sites (tertiary alicyclic amines) is 1. The maximum atomic E-state index is 13.3. The van der Waals surface area contributed by atoms with Crippen LogP contribution in [0.25, 0.3) is 38.2 Å². The number of anilines is 2. The first kappa shape index (κ1) is 29.9. The highest BCUT2D eigenvalue weighted by molar-refractivity contribution is 7.18. The number of nitrogens with zero attached hydrogens (tertiary/aromatic N) is 3. The van der Waals surface area contributed by atoms with Crippen LogP contribution in [-0.4, -0.2) is 59.2 Å². The number of piperidine rings is 1. The minimum Gasteiger partial charge on any atom is -0.495 e. The molecule has 1 aliphatic heterocycles. The molecule has 3 aromatic heterocycles. The van der Waals surface area contributed by atoms with Gasteiger partial charge in [-0.05, 0) is 75.0 Å². The van der Waals surface area contributed by atoms with Crippen LogP contribution in [0.4, 0.5) is 11.5 Å². The van der Waals surface area contributed by atoms with E-state index >= 15 is 0 Å². The van der Waals surface area contributed by atoms with Crippen LogP contribution >= 0.6 is 11.3 Å². The Bertz CT molecular complexity index is 1830. The van der Waals surface area contributed by atoms with Crippen molar-refractivity contribution in [3.63, 3.8) is 0 Å². The van der Waals surface area contributed by atoms with E-state index in [0.717, 1.165) is 57.3 Å². The first-order chi connectivity index (χ1) is 21.3. The molecule has 4 heterocycles. The van der Waals surface area contributed by atoms with Crippen LogP contribution in [0.15, 0.2) is 66.2 Å². The van der Waals surface area contributed by atoms with E-state index in [4.69, 9.17) is 10.5 Å². The van der Waals surface area contributed by atoms with Gasteiger partial charge in [0.25, 0.3) is 5.91 Å². The van der Waals surface area contributed by atoms with Gasteiger partial charge in [0.1, 0.15) is 17.3 Å². The van der Waals surface area contributed by atoms with Crippen LogP contribution in [0, 0.1) is 0 Å². The fraction of sp³-hybridized carbons (Fsp3) is 0.314. The lowest BCUT2D eigenvalue weighted by molar-refractivity contribution is 0.101. The number of thiophene rings is 1. The van der Waals surface area contributed by atoms with Gasteiger partial charge in [-0.3, -0.25) is 4.79 Å². The highest BCUT2D eigenvalue weighted by Gasteiger charge is 2.20. The van der Waals surface area contributed by atoms with Gasteiger partial charge >= 0.3 is 0 Å². The molecule has 1 amide bonds. The standard InChI is InChI=1S/C35H40N6O2S/c1-22(2)41-16-13-26(14-17-41)37-15-7-9-25-20-38-34(36)32-27(21-44-33(25)32)23-11-12-28(31(19-23)43-4)39-35(42)30-18-24-8-5-6-10-29(24)40(30)3/h5-12,18-22,26,37H,13-17H2,1-4H3,(H2,36,38)(H,39,42)/b9-7+. The molecule has 5 aromatic rings. The minimum atomic E-state index is -0.198. The lowest BCUT2D eigenvalue weighted by Crippen LogP contribution is -2.45. The summed E-state index contributed by atoms with van der Waals surface area (Å²) in [5, 5.41) is 10.8.